The molecule has 2 aliphatic rings. The van der Waals surface area contributed by atoms with Crippen molar-refractivity contribution in [2.45, 2.75) is 38.1 Å². The maximum atomic E-state index is 12.6. The molecule has 1 aromatic carbocycles. The molecule has 7 nitrogen and oxygen atoms in total. The third-order valence-electron chi connectivity index (χ3n) is 5.45. The highest BCUT2D eigenvalue weighted by molar-refractivity contribution is 5.95. The number of carbonyl (C=O) groups excluding carboxylic acids is 1. The number of hydrogen-bond acceptors (Lipinski definition) is 5. The van der Waals surface area contributed by atoms with Crippen LogP contribution in [-0.4, -0.2) is 44.8 Å². The van der Waals surface area contributed by atoms with Crippen LogP contribution in [0.15, 0.2) is 36.4 Å². The van der Waals surface area contributed by atoms with Crippen LogP contribution in [0.2, 0.25) is 0 Å². The van der Waals surface area contributed by atoms with E-state index in [-0.39, 0.29) is 11.9 Å². The van der Waals surface area contributed by atoms with Gasteiger partial charge in [0, 0.05) is 30.6 Å². The van der Waals surface area contributed by atoms with Gasteiger partial charge in [-0.25, -0.2) is 0 Å². The summed E-state index contributed by atoms with van der Waals surface area (Å²) in [7, 11) is 0. The molecule has 138 valence electrons. The number of nitrogens with zero attached hydrogens (tertiary/aromatic N) is 5. The van der Waals surface area contributed by atoms with Gasteiger partial charge in [0.25, 0.3) is 5.91 Å². The van der Waals surface area contributed by atoms with Crippen molar-refractivity contribution in [3.05, 3.63) is 53.3 Å². The second-order valence-corrected chi connectivity index (χ2v) is 7.51. The second kappa shape index (κ2) is 6.33. The summed E-state index contributed by atoms with van der Waals surface area (Å²) in [5.41, 5.74) is 2.54. The van der Waals surface area contributed by atoms with Gasteiger partial charge in [-0.15, -0.1) is 15.3 Å². The van der Waals surface area contributed by atoms with Crippen molar-refractivity contribution in [3.8, 4) is 0 Å². The minimum atomic E-state index is -0.00168. The van der Waals surface area contributed by atoms with E-state index in [4.69, 9.17) is 5.10 Å². The average Bonchev–Trinajstić information content (AvgIpc) is 3.26. The highest BCUT2D eigenvalue weighted by atomic mass is 16.1. The highest BCUT2D eigenvalue weighted by Crippen LogP contribution is 2.38. The number of rotatable bonds is 4. The zero-order valence-electron chi connectivity index (χ0n) is 15.3. The number of amides is 1. The molecule has 0 spiro atoms. The van der Waals surface area contributed by atoms with Crippen LogP contribution in [0.1, 0.15) is 46.9 Å². The van der Waals surface area contributed by atoms with Gasteiger partial charge in [0.2, 0.25) is 0 Å². The second-order valence-electron chi connectivity index (χ2n) is 7.51. The Hall–Kier alpha value is -2.96. The van der Waals surface area contributed by atoms with E-state index in [9.17, 15) is 4.79 Å². The summed E-state index contributed by atoms with van der Waals surface area (Å²) in [5, 5.41) is 16.5. The van der Waals surface area contributed by atoms with Crippen molar-refractivity contribution < 1.29 is 4.79 Å². The van der Waals surface area contributed by atoms with Crippen molar-refractivity contribution in [2.24, 2.45) is 0 Å². The maximum Gasteiger partial charge on any atom is 0.251 e. The van der Waals surface area contributed by atoms with Gasteiger partial charge in [-0.05, 0) is 49.9 Å². The molecule has 0 bridgehead atoms. The minimum absolute atomic E-state index is 0.00168. The van der Waals surface area contributed by atoms with Crippen LogP contribution in [0, 0.1) is 6.92 Å². The molecular weight excluding hydrogens is 340 g/mol. The van der Waals surface area contributed by atoms with Gasteiger partial charge in [0.1, 0.15) is 5.82 Å². The molecule has 1 N–H and O–H groups in total. The lowest BCUT2D eigenvalue weighted by atomic mass is 10.1. The highest BCUT2D eigenvalue weighted by Gasteiger charge is 2.30. The summed E-state index contributed by atoms with van der Waals surface area (Å²) in [6.45, 7) is 3.60. The molecule has 1 saturated heterocycles. The van der Waals surface area contributed by atoms with Gasteiger partial charge >= 0.3 is 0 Å². The number of hydrogen-bond donors (Lipinski definition) is 1. The Bertz CT molecular complexity index is 1010. The summed E-state index contributed by atoms with van der Waals surface area (Å²) in [6, 6.07) is 11.8. The molecule has 2 aromatic heterocycles. The van der Waals surface area contributed by atoms with Crippen LogP contribution in [0.4, 0.5) is 5.82 Å². The van der Waals surface area contributed by atoms with Crippen LogP contribution < -0.4 is 10.2 Å². The number of fused-ring (bicyclic) bond motifs is 1. The molecule has 27 heavy (non-hydrogen) atoms. The maximum absolute atomic E-state index is 12.6. The summed E-state index contributed by atoms with van der Waals surface area (Å²) in [6.07, 6.45) is 3.25. The Labute approximate surface area is 157 Å². The van der Waals surface area contributed by atoms with Gasteiger partial charge in [0.15, 0.2) is 11.5 Å². The van der Waals surface area contributed by atoms with Crippen molar-refractivity contribution in [1.29, 1.82) is 0 Å². The molecule has 1 aliphatic carbocycles. The quantitative estimate of drug-likeness (QED) is 0.771. The topological polar surface area (TPSA) is 75.4 Å². The number of benzene rings is 1. The predicted molar refractivity (Wildman–Crippen MR) is 102 cm³/mol. The molecule has 7 heteroatoms. The van der Waals surface area contributed by atoms with E-state index in [1.807, 2.05) is 47.8 Å². The summed E-state index contributed by atoms with van der Waals surface area (Å²) in [5.74, 6) is 2.38. The van der Waals surface area contributed by atoms with Gasteiger partial charge < -0.3 is 10.2 Å². The zero-order valence-corrected chi connectivity index (χ0v) is 15.3. The Kier molecular flexibility index (Phi) is 3.81. The first-order chi connectivity index (χ1) is 13.2. The third kappa shape index (κ3) is 3.03. The molecule has 1 unspecified atom stereocenters. The van der Waals surface area contributed by atoms with E-state index in [0.29, 0.717) is 5.92 Å². The fourth-order valence-corrected chi connectivity index (χ4v) is 3.74. The van der Waals surface area contributed by atoms with Crippen molar-refractivity contribution >= 4 is 17.4 Å². The molecule has 1 saturated carbocycles. The standard InChI is InChI=1S/C20H22N6O/c1-13-4-2-3-5-16(13)20(27)21-15-10-11-25(12-15)18-9-8-17-22-23-19(14-6-7-14)26(17)24-18/h2-5,8-9,14-15H,6-7,10-12H2,1H3,(H,21,27). The van der Waals surface area contributed by atoms with Crippen LogP contribution in [0.5, 0.6) is 0 Å². The fraction of sp³-hybridized carbons (Fsp3) is 0.400. The van der Waals surface area contributed by atoms with Gasteiger partial charge in [-0.3, -0.25) is 4.79 Å². The van der Waals surface area contributed by atoms with E-state index in [1.54, 1.807) is 0 Å². The average molecular weight is 362 g/mol. The number of aromatic nitrogens is 4. The van der Waals surface area contributed by atoms with Crippen molar-refractivity contribution in [1.82, 2.24) is 25.1 Å². The molecular formula is C20H22N6O. The van der Waals surface area contributed by atoms with E-state index < -0.39 is 0 Å². The lowest BCUT2D eigenvalue weighted by molar-refractivity contribution is 0.0940. The predicted octanol–water partition coefficient (Wildman–Crippen LogP) is 2.32. The molecule has 3 aromatic rings. The van der Waals surface area contributed by atoms with Crippen molar-refractivity contribution in [3.63, 3.8) is 0 Å². The van der Waals surface area contributed by atoms with E-state index >= 15 is 0 Å². The monoisotopic (exact) mass is 362 g/mol. The van der Waals surface area contributed by atoms with E-state index in [2.05, 4.69) is 20.4 Å². The number of nitrogens with one attached hydrogen (secondary N) is 1. The summed E-state index contributed by atoms with van der Waals surface area (Å²) in [4.78, 5) is 14.8. The van der Waals surface area contributed by atoms with Crippen molar-refractivity contribution in [2.75, 3.05) is 18.0 Å². The Morgan fingerprint density at radius 1 is 1.11 bits per heavy atom. The SMILES string of the molecule is Cc1ccccc1C(=O)NC1CCN(c2ccc3nnc(C4CC4)n3n2)C1. The Morgan fingerprint density at radius 3 is 2.78 bits per heavy atom. The fourth-order valence-electron chi connectivity index (χ4n) is 3.74. The summed E-state index contributed by atoms with van der Waals surface area (Å²) < 4.78 is 1.88. The normalized spacial score (nSPS) is 19.6. The molecule has 3 heterocycles. The molecule has 5 rings (SSSR count). The third-order valence-corrected chi connectivity index (χ3v) is 5.45. The van der Waals surface area contributed by atoms with E-state index in [1.165, 1.54) is 12.8 Å². The van der Waals surface area contributed by atoms with Crippen LogP contribution in [0.3, 0.4) is 0 Å². The first-order valence-corrected chi connectivity index (χ1v) is 9.53. The number of anilines is 1. The van der Waals surface area contributed by atoms with Crippen LogP contribution in [0.25, 0.3) is 5.65 Å². The molecule has 1 atom stereocenters. The number of aryl methyl sites for hydroxylation is 1. The molecule has 2 fully saturated rings. The number of carbonyl (C=O) groups is 1. The first kappa shape index (κ1) is 16.2. The van der Waals surface area contributed by atoms with Crippen LogP contribution >= 0.6 is 0 Å². The lowest BCUT2D eigenvalue weighted by Crippen LogP contribution is -2.37. The first-order valence-electron chi connectivity index (χ1n) is 9.53. The van der Waals surface area contributed by atoms with E-state index in [0.717, 1.165) is 47.9 Å². The zero-order chi connectivity index (χ0) is 18.4. The molecule has 1 aliphatic heterocycles. The molecule has 1 amide bonds. The van der Waals surface area contributed by atoms with Gasteiger partial charge in [0.05, 0.1) is 0 Å². The molecule has 0 radical (unpaired) electrons. The Balaban J connectivity index is 1.30. The Morgan fingerprint density at radius 2 is 1.96 bits per heavy atom. The smallest absolute Gasteiger partial charge is 0.251 e. The van der Waals surface area contributed by atoms with Gasteiger partial charge in [-0.2, -0.15) is 4.52 Å². The van der Waals surface area contributed by atoms with Crippen LogP contribution in [-0.2, 0) is 0 Å². The minimum Gasteiger partial charge on any atom is -0.353 e. The summed E-state index contributed by atoms with van der Waals surface area (Å²) >= 11 is 0. The lowest BCUT2D eigenvalue weighted by Gasteiger charge is -2.18. The largest absolute Gasteiger partial charge is 0.353 e. The van der Waals surface area contributed by atoms with Gasteiger partial charge in [-0.1, -0.05) is 18.2 Å².